The van der Waals surface area contributed by atoms with E-state index in [-0.39, 0.29) is 6.04 Å². The highest BCUT2D eigenvalue weighted by Gasteiger charge is 2.29. The Balaban J connectivity index is 1.72. The second-order valence-corrected chi connectivity index (χ2v) is 5.88. The Morgan fingerprint density at radius 1 is 1.28 bits per heavy atom. The molecular formula is C13H23N5. The maximum Gasteiger partial charge on any atom is 0.244 e. The van der Waals surface area contributed by atoms with Gasteiger partial charge in [0.25, 0.3) is 0 Å². The van der Waals surface area contributed by atoms with Crippen LogP contribution in [0.25, 0.3) is 0 Å². The molecule has 1 aliphatic heterocycles. The van der Waals surface area contributed by atoms with Crippen molar-refractivity contribution in [2.24, 2.45) is 11.7 Å². The lowest BCUT2D eigenvalue weighted by molar-refractivity contribution is 0.498. The number of H-pyrrole nitrogens is 1. The van der Waals surface area contributed by atoms with Crippen molar-refractivity contribution < 1.29 is 0 Å². The second-order valence-electron chi connectivity index (χ2n) is 5.88. The van der Waals surface area contributed by atoms with Crippen molar-refractivity contribution >= 4 is 5.95 Å². The van der Waals surface area contributed by atoms with Crippen molar-refractivity contribution in [2.45, 2.75) is 51.0 Å². The predicted molar refractivity (Wildman–Crippen MR) is 71.6 cm³/mol. The van der Waals surface area contributed by atoms with Gasteiger partial charge in [0.2, 0.25) is 5.95 Å². The largest absolute Gasteiger partial charge is 0.338 e. The molecule has 100 valence electrons. The van der Waals surface area contributed by atoms with Gasteiger partial charge < -0.3 is 10.6 Å². The minimum Gasteiger partial charge on any atom is -0.338 e. The number of anilines is 1. The summed E-state index contributed by atoms with van der Waals surface area (Å²) in [6, 6.07) is 0.270. The number of aromatic amines is 1. The van der Waals surface area contributed by atoms with Crippen LogP contribution in [0.4, 0.5) is 5.95 Å². The van der Waals surface area contributed by atoms with Gasteiger partial charge in [-0.15, -0.1) is 5.10 Å². The number of rotatable bonds is 2. The summed E-state index contributed by atoms with van der Waals surface area (Å²) >= 11 is 0. The number of nitrogens with one attached hydrogen (secondary N) is 1. The average Bonchev–Trinajstić information content (AvgIpc) is 2.97. The van der Waals surface area contributed by atoms with Crippen LogP contribution in [0.1, 0.15) is 50.8 Å². The van der Waals surface area contributed by atoms with E-state index < -0.39 is 0 Å². The van der Waals surface area contributed by atoms with Crippen molar-refractivity contribution in [1.82, 2.24) is 15.2 Å². The SMILES string of the molecule is CC1CCCC1c1nc(N2CCCC(N)C2)n[nH]1. The van der Waals surface area contributed by atoms with Gasteiger partial charge in [0.15, 0.2) is 0 Å². The summed E-state index contributed by atoms with van der Waals surface area (Å²) in [7, 11) is 0. The van der Waals surface area contributed by atoms with Crippen LogP contribution >= 0.6 is 0 Å². The lowest BCUT2D eigenvalue weighted by atomic mass is 9.98. The van der Waals surface area contributed by atoms with Crippen molar-refractivity contribution in [3.05, 3.63) is 5.82 Å². The average molecular weight is 249 g/mol. The summed E-state index contributed by atoms with van der Waals surface area (Å²) < 4.78 is 0. The van der Waals surface area contributed by atoms with Gasteiger partial charge in [-0.05, 0) is 31.6 Å². The van der Waals surface area contributed by atoms with Crippen LogP contribution in [0.2, 0.25) is 0 Å². The zero-order valence-electron chi connectivity index (χ0n) is 11.1. The number of aromatic nitrogens is 3. The quantitative estimate of drug-likeness (QED) is 0.836. The molecule has 2 aliphatic rings. The first-order chi connectivity index (χ1) is 8.74. The van der Waals surface area contributed by atoms with Crippen molar-refractivity contribution in [1.29, 1.82) is 0 Å². The van der Waals surface area contributed by atoms with Crippen molar-refractivity contribution in [2.75, 3.05) is 18.0 Å². The van der Waals surface area contributed by atoms with Gasteiger partial charge in [0.1, 0.15) is 5.82 Å². The molecule has 18 heavy (non-hydrogen) atoms. The van der Waals surface area contributed by atoms with E-state index in [4.69, 9.17) is 10.7 Å². The molecule has 1 aliphatic carbocycles. The molecule has 1 saturated carbocycles. The van der Waals surface area contributed by atoms with Gasteiger partial charge in [-0.25, -0.2) is 0 Å². The molecule has 5 nitrogen and oxygen atoms in total. The minimum absolute atomic E-state index is 0.270. The molecular weight excluding hydrogens is 226 g/mol. The van der Waals surface area contributed by atoms with Crippen LogP contribution in [0.15, 0.2) is 0 Å². The standard InChI is InChI=1S/C13H23N5/c1-9-4-2-6-11(9)12-15-13(17-16-12)18-7-3-5-10(14)8-18/h9-11H,2-8,14H2,1H3,(H,15,16,17). The summed E-state index contributed by atoms with van der Waals surface area (Å²) in [6.07, 6.45) is 6.14. The summed E-state index contributed by atoms with van der Waals surface area (Å²) in [5.74, 6) is 3.23. The molecule has 1 aromatic rings. The van der Waals surface area contributed by atoms with Gasteiger partial charge in [-0.2, -0.15) is 4.98 Å². The van der Waals surface area contributed by atoms with Crippen LogP contribution in [0, 0.1) is 5.92 Å². The third-order valence-electron chi connectivity index (χ3n) is 4.44. The molecule has 0 bridgehead atoms. The highest BCUT2D eigenvalue weighted by Crippen LogP contribution is 2.37. The zero-order valence-corrected chi connectivity index (χ0v) is 11.1. The van der Waals surface area contributed by atoms with E-state index in [1.807, 2.05) is 0 Å². The van der Waals surface area contributed by atoms with Gasteiger partial charge >= 0.3 is 0 Å². The minimum atomic E-state index is 0.270. The number of nitrogens with two attached hydrogens (primary N) is 1. The predicted octanol–water partition coefficient (Wildman–Crippen LogP) is 1.64. The number of hydrogen-bond donors (Lipinski definition) is 2. The second kappa shape index (κ2) is 4.88. The molecule has 5 heteroatoms. The smallest absolute Gasteiger partial charge is 0.244 e. The van der Waals surface area contributed by atoms with E-state index in [1.54, 1.807) is 0 Å². The number of piperidine rings is 1. The summed E-state index contributed by atoms with van der Waals surface area (Å²) in [5.41, 5.74) is 6.01. The van der Waals surface area contributed by atoms with E-state index in [9.17, 15) is 0 Å². The summed E-state index contributed by atoms with van der Waals surface area (Å²) in [4.78, 5) is 6.92. The van der Waals surface area contributed by atoms with E-state index in [0.29, 0.717) is 5.92 Å². The normalized spacial score (nSPS) is 33.0. The fourth-order valence-corrected chi connectivity index (χ4v) is 3.32. The van der Waals surface area contributed by atoms with Crippen LogP contribution < -0.4 is 10.6 Å². The van der Waals surface area contributed by atoms with Gasteiger partial charge in [-0.1, -0.05) is 13.3 Å². The summed E-state index contributed by atoms with van der Waals surface area (Å²) in [5, 5.41) is 7.53. The molecule has 0 amide bonds. The highest BCUT2D eigenvalue weighted by atomic mass is 15.4. The monoisotopic (exact) mass is 249 g/mol. The van der Waals surface area contributed by atoms with Crippen LogP contribution in [-0.4, -0.2) is 34.3 Å². The molecule has 3 rings (SSSR count). The van der Waals surface area contributed by atoms with Crippen LogP contribution in [-0.2, 0) is 0 Å². The molecule has 3 N–H and O–H groups in total. The first kappa shape index (κ1) is 12.0. The maximum absolute atomic E-state index is 6.01. The third kappa shape index (κ3) is 2.23. The van der Waals surface area contributed by atoms with E-state index in [1.165, 1.54) is 19.3 Å². The molecule has 3 atom stereocenters. The van der Waals surface area contributed by atoms with Gasteiger partial charge in [0.05, 0.1) is 0 Å². The lowest BCUT2D eigenvalue weighted by Gasteiger charge is -2.29. The Hall–Kier alpha value is -1.10. The molecule has 1 saturated heterocycles. The van der Waals surface area contributed by atoms with E-state index in [0.717, 1.165) is 43.6 Å². The molecule has 2 fully saturated rings. The van der Waals surface area contributed by atoms with Crippen LogP contribution in [0.5, 0.6) is 0 Å². The number of hydrogen-bond acceptors (Lipinski definition) is 4. The molecule has 0 aromatic carbocycles. The third-order valence-corrected chi connectivity index (χ3v) is 4.44. The topological polar surface area (TPSA) is 70.8 Å². The first-order valence-electron chi connectivity index (χ1n) is 7.17. The molecule has 0 radical (unpaired) electrons. The van der Waals surface area contributed by atoms with Crippen LogP contribution in [0.3, 0.4) is 0 Å². The Morgan fingerprint density at radius 2 is 2.17 bits per heavy atom. The molecule has 0 spiro atoms. The van der Waals surface area contributed by atoms with Gasteiger partial charge in [-0.3, -0.25) is 5.10 Å². The Kier molecular flexibility index (Phi) is 3.24. The Morgan fingerprint density at radius 3 is 2.89 bits per heavy atom. The molecule has 2 heterocycles. The Bertz CT molecular complexity index is 402. The van der Waals surface area contributed by atoms with Crippen molar-refractivity contribution in [3.63, 3.8) is 0 Å². The molecule has 3 unspecified atom stereocenters. The zero-order chi connectivity index (χ0) is 12.5. The summed E-state index contributed by atoms with van der Waals surface area (Å²) in [6.45, 7) is 4.24. The van der Waals surface area contributed by atoms with E-state index in [2.05, 4.69) is 22.0 Å². The van der Waals surface area contributed by atoms with Gasteiger partial charge in [0, 0.05) is 25.0 Å². The fraction of sp³-hybridized carbons (Fsp3) is 0.846. The first-order valence-corrected chi connectivity index (χ1v) is 7.17. The lowest BCUT2D eigenvalue weighted by Crippen LogP contribution is -2.43. The number of nitrogens with zero attached hydrogens (tertiary/aromatic N) is 3. The van der Waals surface area contributed by atoms with Crippen molar-refractivity contribution in [3.8, 4) is 0 Å². The Labute approximate surface area is 108 Å². The maximum atomic E-state index is 6.01. The van der Waals surface area contributed by atoms with E-state index >= 15 is 0 Å². The fourth-order valence-electron chi connectivity index (χ4n) is 3.32. The molecule has 1 aromatic heterocycles. The highest BCUT2D eigenvalue weighted by molar-refractivity contribution is 5.30.